The first-order chi connectivity index (χ1) is 12.0. The van der Waals surface area contributed by atoms with Crippen molar-refractivity contribution in [2.45, 2.75) is 6.92 Å². The molecule has 0 aromatic heterocycles. The number of carboxylic acids is 1. The number of carbonyl (C=O) groups is 1. The van der Waals surface area contributed by atoms with Crippen molar-refractivity contribution in [3.63, 3.8) is 0 Å². The lowest BCUT2D eigenvalue weighted by Crippen LogP contribution is -2.00. The number of hydrogen-bond acceptors (Lipinski definition) is 4. The van der Waals surface area contributed by atoms with E-state index < -0.39 is 5.97 Å². The molecule has 0 aliphatic heterocycles. The summed E-state index contributed by atoms with van der Waals surface area (Å²) in [7, 11) is 3.06. The molecule has 0 aliphatic carbocycles. The maximum absolute atomic E-state index is 11.7. The monoisotopic (exact) mass is 362 g/mol. The maximum atomic E-state index is 11.7. The zero-order valence-corrected chi connectivity index (χ0v) is 15.0. The average Bonchev–Trinajstić information content (AvgIpc) is 2.61. The minimum Gasteiger partial charge on any atom is -0.497 e. The number of benzene rings is 2. The fourth-order valence-corrected chi connectivity index (χ4v) is 2.59. The summed E-state index contributed by atoms with van der Waals surface area (Å²) in [5.41, 5.74) is 1.28. The van der Waals surface area contributed by atoms with Crippen molar-refractivity contribution in [2.24, 2.45) is 0 Å². The van der Waals surface area contributed by atoms with Crippen molar-refractivity contribution in [3.05, 3.63) is 52.5 Å². The number of aliphatic carboxylic acids is 1. The van der Waals surface area contributed by atoms with Crippen LogP contribution in [0.1, 0.15) is 18.1 Å². The van der Waals surface area contributed by atoms with Gasteiger partial charge in [-0.05, 0) is 48.4 Å². The molecule has 6 heteroatoms. The molecule has 0 unspecified atom stereocenters. The second-order valence-corrected chi connectivity index (χ2v) is 5.47. The molecule has 132 valence electrons. The van der Waals surface area contributed by atoms with Crippen LogP contribution in [0.15, 0.2) is 36.4 Å². The van der Waals surface area contributed by atoms with Crippen LogP contribution < -0.4 is 14.2 Å². The van der Waals surface area contributed by atoms with E-state index in [1.807, 2.05) is 6.92 Å². The molecule has 0 aliphatic rings. The van der Waals surface area contributed by atoms with Gasteiger partial charge >= 0.3 is 5.97 Å². The Bertz CT molecular complexity index is 781. The van der Waals surface area contributed by atoms with Crippen LogP contribution in [0.2, 0.25) is 5.02 Å². The third-order valence-electron chi connectivity index (χ3n) is 3.48. The van der Waals surface area contributed by atoms with Crippen LogP contribution in [0, 0.1) is 0 Å². The molecule has 5 nitrogen and oxygen atoms in total. The lowest BCUT2D eigenvalue weighted by molar-refractivity contribution is -0.130. The first-order valence-corrected chi connectivity index (χ1v) is 7.97. The van der Waals surface area contributed by atoms with Crippen molar-refractivity contribution >= 4 is 29.2 Å². The SMILES string of the molecule is CCOc1c(Cl)cc(/C=C(\C(=O)O)c2ccc(OC)cc2)cc1OC. The standard InChI is InChI=1S/C19H19ClO5/c1-4-25-18-16(20)10-12(11-17(18)24-3)9-15(19(21)22)13-5-7-14(23-2)8-6-13/h5-11H,4H2,1-3H3,(H,21,22)/b15-9-. The van der Waals surface area contributed by atoms with Crippen LogP contribution in [0.25, 0.3) is 11.6 Å². The van der Waals surface area contributed by atoms with Crippen LogP contribution in [0.4, 0.5) is 0 Å². The second-order valence-electron chi connectivity index (χ2n) is 5.06. The van der Waals surface area contributed by atoms with E-state index in [1.165, 1.54) is 13.2 Å². The van der Waals surface area contributed by atoms with Gasteiger partial charge in [0.15, 0.2) is 11.5 Å². The summed E-state index contributed by atoms with van der Waals surface area (Å²) in [6.45, 7) is 2.29. The van der Waals surface area contributed by atoms with Gasteiger partial charge < -0.3 is 19.3 Å². The maximum Gasteiger partial charge on any atom is 0.336 e. The van der Waals surface area contributed by atoms with E-state index in [9.17, 15) is 9.90 Å². The van der Waals surface area contributed by atoms with Gasteiger partial charge in [-0.3, -0.25) is 0 Å². The molecule has 0 heterocycles. The topological polar surface area (TPSA) is 65.0 Å². The van der Waals surface area contributed by atoms with Crippen molar-refractivity contribution < 1.29 is 24.1 Å². The minimum absolute atomic E-state index is 0.130. The predicted octanol–water partition coefficient (Wildman–Crippen LogP) is 4.38. The van der Waals surface area contributed by atoms with E-state index in [0.717, 1.165) is 0 Å². The molecule has 1 N–H and O–H groups in total. The highest BCUT2D eigenvalue weighted by atomic mass is 35.5. The summed E-state index contributed by atoms with van der Waals surface area (Å²) in [6.07, 6.45) is 1.54. The van der Waals surface area contributed by atoms with Crippen molar-refractivity contribution in [1.29, 1.82) is 0 Å². The van der Waals surface area contributed by atoms with Gasteiger partial charge in [-0.1, -0.05) is 23.7 Å². The van der Waals surface area contributed by atoms with Gasteiger partial charge in [-0.2, -0.15) is 0 Å². The van der Waals surface area contributed by atoms with Crippen molar-refractivity contribution in [3.8, 4) is 17.2 Å². The Morgan fingerprint density at radius 3 is 2.36 bits per heavy atom. The van der Waals surface area contributed by atoms with Gasteiger partial charge in [-0.15, -0.1) is 0 Å². The summed E-state index contributed by atoms with van der Waals surface area (Å²) in [6, 6.07) is 10.1. The highest BCUT2D eigenvalue weighted by Crippen LogP contribution is 2.37. The number of rotatable bonds is 7. The van der Waals surface area contributed by atoms with E-state index in [0.29, 0.717) is 40.0 Å². The van der Waals surface area contributed by atoms with Gasteiger partial charge in [0.2, 0.25) is 0 Å². The normalized spacial score (nSPS) is 11.1. The Labute approximate surface area is 151 Å². The molecule has 2 aromatic carbocycles. The molecule has 0 bridgehead atoms. The number of hydrogen-bond donors (Lipinski definition) is 1. The highest BCUT2D eigenvalue weighted by Gasteiger charge is 2.14. The van der Waals surface area contributed by atoms with E-state index in [4.69, 9.17) is 25.8 Å². The molecule has 0 fully saturated rings. The zero-order chi connectivity index (χ0) is 18.4. The van der Waals surface area contributed by atoms with Crippen molar-refractivity contribution in [2.75, 3.05) is 20.8 Å². The summed E-state index contributed by atoms with van der Waals surface area (Å²) < 4.78 is 15.9. The molecule has 0 saturated heterocycles. The van der Waals surface area contributed by atoms with E-state index in [2.05, 4.69) is 0 Å². The molecule has 25 heavy (non-hydrogen) atoms. The first kappa shape index (κ1) is 18.7. The molecule has 0 radical (unpaired) electrons. The van der Waals surface area contributed by atoms with Gasteiger partial charge in [0.1, 0.15) is 5.75 Å². The number of carboxylic acid groups (broad SMARTS) is 1. The van der Waals surface area contributed by atoms with Crippen LogP contribution in [0.3, 0.4) is 0 Å². The average molecular weight is 363 g/mol. The van der Waals surface area contributed by atoms with Gasteiger partial charge in [-0.25, -0.2) is 4.79 Å². The van der Waals surface area contributed by atoms with Crippen LogP contribution in [-0.4, -0.2) is 31.9 Å². The Morgan fingerprint density at radius 2 is 1.84 bits per heavy atom. The number of ether oxygens (including phenoxy) is 3. The van der Waals surface area contributed by atoms with E-state index in [-0.39, 0.29) is 5.57 Å². The largest absolute Gasteiger partial charge is 0.497 e. The molecule has 0 atom stereocenters. The Morgan fingerprint density at radius 1 is 1.16 bits per heavy atom. The third kappa shape index (κ3) is 4.45. The Balaban J connectivity index is 2.49. The summed E-state index contributed by atoms with van der Waals surface area (Å²) >= 11 is 6.24. The van der Waals surface area contributed by atoms with Crippen LogP contribution in [-0.2, 0) is 4.79 Å². The lowest BCUT2D eigenvalue weighted by Gasteiger charge is -2.12. The molecule has 0 saturated carbocycles. The summed E-state index contributed by atoms with van der Waals surface area (Å²) in [4.78, 5) is 11.7. The lowest BCUT2D eigenvalue weighted by atomic mass is 10.0. The fraction of sp³-hybridized carbons (Fsp3) is 0.211. The van der Waals surface area contributed by atoms with Gasteiger partial charge in [0.05, 0.1) is 31.4 Å². The van der Waals surface area contributed by atoms with E-state index >= 15 is 0 Å². The van der Waals surface area contributed by atoms with Crippen molar-refractivity contribution in [1.82, 2.24) is 0 Å². The minimum atomic E-state index is -1.05. The molecule has 0 spiro atoms. The predicted molar refractivity (Wildman–Crippen MR) is 97.7 cm³/mol. The summed E-state index contributed by atoms with van der Waals surface area (Å²) in [5, 5.41) is 9.91. The first-order valence-electron chi connectivity index (χ1n) is 7.59. The molecule has 2 rings (SSSR count). The van der Waals surface area contributed by atoms with Gasteiger partial charge in [0, 0.05) is 0 Å². The molecule has 0 amide bonds. The Kier molecular flexibility index (Phi) is 6.31. The number of halogens is 1. The quantitative estimate of drug-likeness (QED) is 0.585. The highest BCUT2D eigenvalue weighted by molar-refractivity contribution is 6.32. The molecular formula is C19H19ClO5. The summed E-state index contributed by atoms with van der Waals surface area (Å²) in [5.74, 6) is 0.485. The fourth-order valence-electron chi connectivity index (χ4n) is 2.31. The van der Waals surface area contributed by atoms with Crippen LogP contribution >= 0.6 is 11.6 Å². The Hall–Kier alpha value is -2.66. The molecular weight excluding hydrogens is 344 g/mol. The second kappa shape index (κ2) is 8.44. The van der Waals surface area contributed by atoms with Gasteiger partial charge in [0.25, 0.3) is 0 Å². The molecule has 2 aromatic rings. The number of methoxy groups -OCH3 is 2. The zero-order valence-electron chi connectivity index (χ0n) is 14.2. The smallest absolute Gasteiger partial charge is 0.336 e. The van der Waals surface area contributed by atoms with Crippen LogP contribution in [0.5, 0.6) is 17.2 Å². The third-order valence-corrected chi connectivity index (χ3v) is 3.76. The van der Waals surface area contributed by atoms with E-state index in [1.54, 1.807) is 43.5 Å².